The van der Waals surface area contributed by atoms with Crippen molar-refractivity contribution in [2.45, 2.75) is 17.6 Å². The largest absolute Gasteiger partial charge is 1.00 e. The first-order valence-corrected chi connectivity index (χ1v) is 12.8. The average Bonchev–Trinajstić information content (AvgIpc) is 2.77. The number of anilines is 2. The minimum atomic E-state index is -4.91. The zero-order valence-electron chi connectivity index (χ0n) is 20.1. The van der Waals surface area contributed by atoms with Gasteiger partial charge in [-0.25, -0.2) is 18.4 Å². The van der Waals surface area contributed by atoms with Gasteiger partial charge in [-0.1, -0.05) is 11.6 Å². The first-order valence-electron chi connectivity index (χ1n) is 9.39. The van der Waals surface area contributed by atoms with Crippen LogP contribution in [0.4, 0.5) is 27.3 Å². The maximum atomic E-state index is 13.6. The third kappa shape index (κ3) is 7.82. The first-order chi connectivity index (χ1) is 16.6. The van der Waals surface area contributed by atoms with E-state index in [2.05, 4.69) is 25.5 Å². The van der Waals surface area contributed by atoms with E-state index in [1.165, 1.54) is 0 Å². The summed E-state index contributed by atoms with van der Waals surface area (Å²) >= 11 is 5.78. The van der Waals surface area contributed by atoms with Crippen LogP contribution < -0.4 is 64.4 Å². The Hall–Kier alpha value is -1.91. The molecule has 0 atom stereocenters. The molecule has 0 saturated heterocycles. The second-order valence-corrected chi connectivity index (χ2v) is 10.3. The number of nitrogens with zero attached hydrogens (tertiary/aromatic N) is 5. The summed E-state index contributed by atoms with van der Waals surface area (Å²) in [6, 6.07) is 3.11. The molecular formula is C18H14ClFLiN6NaO8S2. The summed E-state index contributed by atoms with van der Waals surface area (Å²) < 4.78 is 80.9. The van der Waals surface area contributed by atoms with E-state index in [-0.39, 0.29) is 65.5 Å². The Morgan fingerprint density at radius 3 is 2.42 bits per heavy atom. The van der Waals surface area contributed by atoms with Crippen LogP contribution in [0.3, 0.4) is 0 Å². The number of aromatic nitrogens is 3. The van der Waals surface area contributed by atoms with E-state index in [4.69, 9.17) is 11.6 Å². The molecule has 0 radical (unpaired) electrons. The smallest absolute Gasteiger partial charge is 0.860 e. The SMILES string of the molecule is Cc1c(CS(=O)(=O)[O-])c([O-])n(C)c(=O)c1N=Nc1cc(Nc2ncnc(F)c2Cl)ccc1S(=O)(=O)O.[Li+].[Na+]. The van der Waals surface area contributed by atoms with Crippen molar-refractivity contribution < 1.29 is 83.9 Å². The van der Waals surface area contributed by atoms with Gasteiger partial charge in [0.2, 0.25) is 5.95 Å². The number of nitrogens with one attached hydrogen (secondary N) is 1. The predicted molar refractivity (Wildman–Crippen MR) is 120 cm³/mol. The molecule has 1 aromatic carbocycles. The third-order valence-electron chi connectivity index (χ3n) is 4.70. The molecule has 38 heavy (non-hydrogen) atoms. The van der Waals surface area contributed by atoms with Crippen molar-refractivity contribution in [3.05, 3.63) is 57.0 Å². The zero-order valence-corrected chi connectivity index (χ0v) is 24.5. The topological polar surface area (TPSA) is 219 Å². The molecule has 0 fully saturated rings. The fraction of sp³-hybridized carbons (Fsp3) is 0.167. The molecule has 3 aromatic rings. The number of azo groups is 1. The fourth-order valence-electron chi connectivity index (χ4n) is 2.95. The summed E-state index contributed by atoms with van der Waals surface area (Å²) in [5.41, 5.74) is -2.83. The number of benzene rings is 1. The van der Waals surface area contributed by atoms with Crippen LogP contribution in [0.15, 0.2) is 44.4 Å². The molecule has 0 unspecified atom stereocenters. The van der Waals surface area contributed by atoms with Crippen LogP contribution in [0.5, 0.6) is 5.88 Å². The molecule has 2 N–H and O–H groups in total. The minimum Gasteiger partial charge on any atom is -0.860 e. The van der Waals surface area contributed by atoms with Crippen LogP contribution in [-0.4, -0.2) is 40.5 Å². The van der Waals surface area contributed by atoms with Crippen molar-refractivity contribution in [2.24, 2.45) is 17.3 Å². The maximum absolute atomic E-state index is 13.6. The summed E-state index contributed by atoms with van der Waals surface area (Å²) in [4.78, 5) is 18.8. The van der Waals surface area contributed by atoms with Gasteiger partial charge >= 0.3 is 48.4 Å². The van der Waals surface area contributed by atoms with Crippen molar-refractivity contribution in [3.8, 4) is 5.88 Å². The van der Waals surface area contributed by atoms with Gasteiger partial charge in [0.15, 0.2) is 11.5 Å². The van der Waals surface area contributed by atoms with Crippen LogP contribution in [0, 0.1) is 12.9 Å². The Balaban J connectivity index is 0.00000361. The van der Waals surface area contributed by atoms with E-state index >= 15 is 0 Å². The molecule has 0 aliphatic carbocycles. The van der Waals surface area contributed by atoms with Gasteiger partial charge in [-0.3, -0.25) is 9.35 Å². The standard InChI is InChI=1S/C18H16ClFN6O8S2.Li.Na/c1-8-10(6-35(29,30)31)17(27)26(2)18(28)14(8)25-24-11-5-9(3-4-12(11)36(32,33)34)23-16-13(19)15(20)21-7-22-16;;/h3-5,7,27H,6H2,1-2H3,(H,21,22,23)(H,29,30,31)(H,32,33,34);;/q;2*+1/p-2. The van der Waals surface area contributed by atoms with Crippen LogP contribution in [0.1, 0.15) is 11.1 Å². The molecule has 0 bridgehead atoms. The van der Waals surface area contributed by atoms with Crippen molar-refractivity contribution >= 4 is 54.7 Å². The Bertz CT molecular complexity index is 1690. The van der Waals surface area contributed by atoms with Crippen molar-refractivity contribution in [1.29, 1.82) is 0 Å². The number of halogens is 2. The molecule has 0 spiro atoms. The summed E-state index contributed by atoms with van der Waals surface area (Å²) in [5, 5.41) is 21.7. The van der Waals surface area contributed by atoms with Crippen LogP contribution in [-0.2, 0) is 33.0 Å². The van der Waals surface area contributed by atoms with Crippen molar-refractivity contribution in [2.75, 3.05) is 5.32 Å². The molecular weight excluding hydrogens is 577 g/mol. The molecule has 14 nitrogen and oxygen atoms in total. The van der Waals surface area contributed by atoms with Crippen LogP contribution in [0.25, 0.3) is 0 Å². The molecule has 192 valence electrons. The van der Waals surface area contributed by atoms with E-state index in [1.807, 2.05) is 0 Å². The summed E-state index contributed by atoms with van der Waals surface area (Å²) in [6.07, 6.45) is 0.870. The number of hydrogen-bond donors (Lipinski definition) is 2. The molecule has 2 aromatic heterocycles. The number of rotatable bonds is 7. The Labute approximate surface area is 254 Å². The summed E-state index contributed by atoms with van der Waals surface area (Å²) in [7, 11) is -8.75. The Kier molecular flexibility index (Phi) is 11.6. The third-order valence-corrected chi connectivity index (χ3v) is 6.58. The van der Waals surface area contributed by atoms with E-state index in [1.54, 1.807) is 0 Å². The van der Waals surface area contributed by atoms with Gasteiger partial charge in [-0.2, -0.15) is 12.8 Å². The van der Waals surface area contributed by atoms with Crippen molar-refractivity contribution in [1.82, 2.24) is 14.5 Å². The minimum absolute atomic E-state index is 0. The van der Waals surface area contributed by atoms with Gasteiger partial charge in [0.1, 0.15) is 21.9 Å². The van der Waals surface area contributed by atoms with E-state index in [0.717, 1.165) is 38.5 Å². The van der Waals surface area contributed by atoms with Gasteiger partial charge in [-0.15, -0.1) is 10.2 Å². The van der Waals surface area contributed by atoms with E-state index in [9.17, 15) is 40.2 Å². The van der Waals surface area contributed by atoms with E-state index < -0.39 is 70.2 Å². The number of hydrogen-bond acceptors (Lipinski definition) is 12. The first kappa shape index (κ1) is 34.1. The Morgan fingerprint density at radius 1 is 1.21 bits per heavy atom. The molecule has 0 amide bonds. The molecule has 20 heteroatoms. The number of pyridine rings is 1. The molecule has 3 rings (SSSR count). The van der Waals surface area contributed by atoms with Gasteiger partial charge in [0.25, 0.3) is 15.7 Å². The van der Waals surface area contributed by atoms with E-state index in [0.29, 0.717) is 4.57 Å². The van der Waals surface area contributed by atoms with Crippen LogP contribution >= 0.6 is 11.6 Å². The normalized spacial score (nSPS) is 11.6. The van der Waals surface area contributed by atoms with Gasteiger partial charge in [0.05, 0.1) is 15.9 Å². The molecule has 0 aliphatic rings. The average molecular weight is 591 g/mol. The van der Waals surface area contributed by atoms with Gasteiger partial charge in [0, 0.05) is 12.7 Å². The monoisotopic (exact) mass is 590 g/mol. The second-order valence-electron chi connectivity index (χ2n) is 7.13. The molecule has 0 aliphatic heterocycles. The van der Waals surface area contributed by atoms with Crippen molar-refractivity contribution in [3.63, 3.8) is 0 Å². The zero-order chi connectivity index (χ0) is 27.0. The molecule has 0 saturated carbocycles. The maximum Gasteiger partial charge on any atom is 1.00 e. The van der Waals surface area contributed by atoms with Gasteiger partial charge < -0.3 is 19.5 Å². The second kappa shape index (κ2) is 13.0. The Morgan fingerprint density at radius 2 is 1.84 bits per heavy atom. The summed E-state index contributed by atoms with van der Waals surface area (Å²) in [5.74, 6) is -3.48. The fourth-order valence-corrected chi connectivity index (χ4v) is 4.39. The predicted octanol–water partition coefficient (Wildman–Crippen LogP) is -4.19. The molecule has 2 heterocycles. The quantitative estimate of drug-likeness (QED) is 0.116. The van der Waals surface area contributed by atoms with Gasteiger partial charge in [-0.05, 0) is 42.1 Å². The summed E-state index contributed by atoms with van der Waals surface area (Å²) in [6.45, 7) is 1.16. The van der Waals surface area contributed by atoms with Crippen LogP contribution in [0.2, 0.25) is 5.02 Å².